The first-order valence-corrected chi connectivity index (χ1v) is 9.44. The molecule has 6 rings (SSSR count). The molecule has 1 heterocycles. The number of hydrogen-bond acceptors (Lipinski definition) is 3. The van der Waals surface area contributed by atoms with Crippen molar-refractivity contribution in [3.63, 3.8) is 0 Å². The molecule has 0 amide bonds. The number of phenolic OH excluding ortho intramolecular Hbond substituents is 1. The average molecular weight is 364 g/mol. The van der Waals surface area contributed by atoms with Gasteiger partial charge in [-0.2, -0.15) is 0 Å². The molecule has 28 heavy (non-hydrogen) atoms. The Morgan fingerprint density at radius 3 is 2.54 bits per heavy atom. The summed E-state index contributed by atoms with van der Waals surface area (Å²) in [5, 5.41) is 14.9. The van der Waals surface area contributed by atoms with Gasteiger partial charge in [-0.15, -0.1) is 0 Å². The van der Waals surface area contributed by atoms with E-state index in [1.807, 2.05) is 42.5 Å². The van der Waals surface area contributed by atoms with E-state index < -0.39 is 5.63 Å². The Balaban J connectivity index is 1.92. The van der Waals surface area contributed by atoms with Gasteiger partial charge in [-0.25, -0.2) is 4.79 Å². The highest BCUT2D eigenvalue weighted by molar-refractivity contribution is 6.21. The monoisotopic (exact) mass is 364 g/mol. The van der Waals surface area contributed by atoms with Gasteiger partial charge in [0.05, 0.1) is 0 Å². The summed E-state index contributed by atoms with van der Waals surface area (Å²) in [6.07, 6.45) is 1.74. The molecule has 0 unspecified atom stereocenters. The number of fused-ring (bicyclic) bond motifs is 9. The summed E-state index contributed by atoms with van der Waals surface area (Å²) in [6, 6.07) is 21.9. The first kappa shape index (κ1) is 15.5. The standard InChI is InChI=1S/C25H16O3/c26-20-13-19-16-7-3-1-5-14(16)9-11-18(19)23-22-17-8-4-2-6-15(17)10-12-21(22)28-25(27)24(20)23/h1-8,10,12-13,26H,9,11H2. The van der Waals surface area contributed by atoms with Crippen molar-refractivity contribution in [1.82, 2.24) is 0 Å². The lowest BCUT2D eigenvalue weighted by Crippen LogP contribution is -2.08. The molecule has 0 bridgehead atoms. The number of rotatable bonds is 0. The van der Waals surface area contributed by atoms with E-state index in [4.69, 9.17) is 4.42 Å². The summed E-state index contributed by atoms with van der Waals surface area (Å²) in [7, 11) is 0. The lowest BCUT2D eigenvalue weighted by atomic mass is 9.82. The van der Waals surface area contributed by atoms with Crippen molar-refractivity contribution in [2.75, 3.05) is 0 Å². The zero-order chi connectivity index (χ0) is 18.8. The van der Waals surface area contributed by atoms with E-state index in [-0.39, 0.29) is 11.1 Å². The Morgan fingerprint density at radius 2 is 1.61 bits per heavy atom. The summed E-state index contributed by atoms with van der Waals surface area (Å²) in [6.45, 7) is 0. The maximum absolute atomic E-state index is 12.8. The largest absolute Gasteiger partial charge is 0.507 e. The molecule has 1 aliphatic carbocycles. The SMILES string of the molecule is O=c1oc2ccc3ccccc3c2c2c3c(cc(O)c12)-c1ccccc1CC3. The summed E-state index contributed by atoms with van der Waals surface area (Å²) in [4.78, 5) is 12.8. The zero-order valence-electron chi connectivity index (χ0n) is 15.0. The summed E-state index contributed by atoms with van der Waals surface area (Å²) in [5.41, 5.74) is 4.58. The lowest BCUT2D eigenvalue weighted by Gasteiger charge is -2.22. The van der Waals surface area contributed by atoms with Crippen molar-refractivity contribution in [3.05, 3.63) is 88.3 Å². The predicted molar refractivity (Wildman–Crippen MR) is 112 cm³/mol. The van der Waals surface area contributed by atoms with Gasteiger partial charge in [0.15, 0.2) is 0 Å². The summed E-state index contributed by atoms with van der Waals surface area (Å²) >= 11 is 0. The van der Waals surface area contributed by atoms with Gasteiger partial charge in [0.1, 0.15) is 16.7 Å². The van der Waals surface area contributed by atoms with Crippen LogP contribution in [0.15, 0.2) is 75.9 Å². The van der Waals surface area contributed by atoms with Crippen LogP contribution in [0.1, 0.15) is 11.1 Å². The smallest absolute Gasteiger partial charge is 0.347 e. The zero-order valence-corrected chi connectivity index (χ0v) is 15.0. The molecule has 0 fully saturated rings. The molecule has 0 spiro atoms. The highest BCUT2D eigenvalue weighted by Gasteiger charge is 2.24. The Labute approximate surface area is 160 Å². The maximum Gasteiger partial charge on any atom is 0.347 e. The van der Waals surface area contributed by atoms with E-state index in [0.29, 0.717) is 5.58 Å². The second-order valence-corrected chi connectivity index (χ2v) is 7.38. The molecule has 1 N–H and O–H groups in total. The van der Waals surface area contributed by atoms with Crippen LogP contribution < -0.4 is 5.63 Å². The predicted octanol–water partition coefficient (Wildman–Crippen LogP) is 5.57. The molecule has 5 aromatic rings. The van der Waals surface area contributed by atoms with Crippen molar-refractivity contribution in [2.45, 2.75) is 12.8 Å². The van der Waals surface area contributed by atoms with E-state index >= 15 is 0 Å². The fourth-order valence-electron chi connectivity index (χ4n) is 4.70. The number of hydrogen-bond donors (Lipinski definition) is 1. The molecule has 0 saturated carbocycles. The van der Waals surface area contributed by atoms with Gasteiger partial charge in [0, 0.05) is 10.8 Å². The van der Waals surface area contributed by atoms with Crippen molar-refractivity contribution >= 4 is 32.5 Å². The average Bonchev–Trinajstić information content (AvgIpc) is 2.73. The van der Waals surface area contributed by atoms with Crippen LogP contribution in [0.4, 0.5) is 0 Å². The van der Waals surface area contributed by atoms with Crippen molar-refractivity contribution in [2.24, 2.45) is 0 Å². The quantitative estimate of drug-likeness (QED) is 0.289. The first-order chi connectivity index (χ1) is 13.7. The molecule has 0 radical (unpaired) electrons. The van der Waals surface area contributed by atoms with E-state index in [9.17, 15) is 9.90 Å². The van der Waals surface area contributed by atoms with Crippen LogP contribution in [-0.4, -0.2) is 5.11 Å². The molecule has 1 aromatic heterocycles. The van der Waals surface area contributed by atoms with Gasteiger partial charge in [-0.3, -0.25) is 0 Å². The number of aryl methyl sites for hydroxylation is 2. The number of benzene rings is 4. The molecule has 4 aromatic carbocycles. The molecule has 0 saturated heterocycles. The van der Waals surface area contributed by atoms with Crippen LogP contribution in [0.3, 0.4) is 0 Å². The van der Waals surface area contributed by atoms with Crippen molar-refractivity contribution in [3.8, 4) is 16.9 Å². The van der Waals surface area contributed by atoms with Gasteiger partial charge in [0.25, 0.3) is 0 Å². The second-order valence-electron chi connectivity index (χ2n) is 7.38. The van der Waals surface area contributed by atoms with Gasteiger partial charge in [-0.05, 0) is 58.0 Å². The van der Waals surface area contributed by atoms with Crippen LogP contribution in [0.2, 0.25) is 0 Å². The van der Waals surface area contributed by atoms with Gasteiger partial charge in [-0.1, -0.05) is 54.6 Å². The Morgan fingerprint density at radius 1 is 0.786 bits per heavy atom. The van der Waals surface area contributed by atoms with E-state index in [2.05, 4.69) is 18.2 Å². The van der Waals surface area contributed by atoms with Crippen LogP contribution in [0.5, 0.6) is 5.75 Å². The lowest BCUT2D eigenvalue weighted by molar-refractivity contribution is 0.477. The fourth-order valence-corrected chi connectivity index (χ4v) is 4.70. The molecule has 0 atom stereocenters. The minimum atomic E-state index is -0.489. The molecular weight excluding hydrogens is 348 g/mol. The molecule has 3 heteroatoms. The highest BCUT2D eigenvalue weighted by Crippen LogP contribution is 2.43. The summed E-state index contributed by atoms with van der Waals surface area (Å²) in [5.74, 6) is -0.0194. The highest BCUT2D eigenvalue weighted by atomic mass is 16.4. The first-order valence-electron chi connectivity index (χ1n) is 9.44. The third-order valence-corrected chi connectivity index (χ3v) is 5.91. The number of phenols is 1. The topological polar surface area (TPSA) is 50.4 Å². The Kier molecular flexibility index (Phi) is 3.01. The number of aromatic hydroxyl groups is 1. The molecule has 1 aliphatic rings. The third kappa shape index (κ3) is 1.96. The van der Waals surface area contributed by atoms with Crippen LogP contribution in [0, 0.1) is 0 Å². The van der Waals surface area contributed by atoms with Crippen molar-refractivity contribution < 1.29 is 9.52 Å². The normalized spacial score (nSPS) is 13.0. The van der Waals surface area contributed by atoms with Gasteiger partial charge < -0.3 is 9.52 Å². The summed E-state index contributed by atoms with van der Waals surface area (Å²) < 4.78 is 5.61. The maximum atomic E-state index is 12.8. The minimum absolute atomic E-state index is 0.0194. The Bertz CT molecular complexity index is 1490. The molecular formula is C25H16O3. The Hall–Kier alpha value is -3.59. The van der Waals surface area contributed by atoms with E-state index in [1.54, 1.807) is 6.07 Å². The molecule has 3 nitrogen and oxygen atoms in total. The molecule has 134 valence electrons. The third-order valence-electron chi connectivity index (χ3n) is 5.91. The van der Waals surface area contributed by atoms with Crippen molar-refractivity contribution in [1.29, 1.82) is 0 Å². The van der Waals surface area contributed by atoms with Crippen LogP contribution >= 0.6 is 0 Å². The van der Waals surface area contributed by atoms with Gasteiger partial charge in [0.2, 0.25) is 0 Å². The van der Waals surface area contributed by atoms with E-state index in [0.717, 1.165) is 51.1 Å². The van der Waals surface area contributed by atoms with Gasteiger partial charge >= 0.3 is 5.63 Å². The second kappa shape index (κ2) is 5.46. The van der Waals surface area contributed by atoms with E-state index in [1.165, 1.54) is 5.56 Å². The van der Waals surface area contributed by atoms with Crippen LogP contribution in [-0.2, 0) is 12.8 Å². The fraction of sp³-hybridized carbons (Fsp3) is 0.0800. The van der Waals surface area contributed by atoms with Crippen LogP contribution in [0.25, 0.3) is 43.6 Å². The minimum Gasteiger partial charge on any atom is -0.507 e. The molecule has 0 aliphatic heterocycles.